The van der Waals surface area contributed by atoms with Crippen LogP contribution in [0.2, 0.25) is 0 Å². The van der Waals surface area contributed by atoms with Crippen molar-refractivity contribution in [2.24, 2.45) is 5.73 Å². The zero-order valence-electron chi connectivity index (χ0n) is 19.1. The van der Waals surface area contributed by atoms with E-state index in [1.165, 1.54) is 0 Å². The zero-order chi connectivity index (χ0) is 26.8. The fourth-order valence-corrected chi connectivity index (χ4v) is 3.52. The van der Waals surface area contributed by atoms with Crippen LogP contribution in [0.4, 0.5) is 0 Å². The van der Waals surface area contributed by atoms with E-state index in [1.54, 1.807) is 18.3 Å². The number of nitrogens with one attached hydrogen (secondary N) is 4. The summed E-state index contributed by atoms with van der Waals surface area (Å²) in [7, 11) is 0. The second-order valence-electron chi connectivity index (χ2n) is 7.99. The Labute approximate surface area is 211 Å². The molecule has 1 aromatic heterocycles. The molecule has 0 bridgehead atoms. The molecule has 196 valence electrons. The normalized spacial score (nSPS) is 14.3. The maximum Gasteiger partial charge on any atom is 0.326 e. The molecule has 36 heavy (non-hydrogen) atoms. The van der Waals surface area contributed by atoms with Gasteiger partial charge < -0.3 is 42.0 Å². The molecule has 4 unspecified atom stereocenters. The lowest BCUT2D eigenvalue weighted by Crippen LogP contribution is -2.58. The van der Waals surface area contributed by atoms with Gasteiger partial charge in [0.15, 0.2) is 0 Å². The highest BCUT2D eigenvalue weighted by Gasteiger charge is 2.30. The van der Waals surface area contributed by atoms with Gasteiger partial charge in [-0.25, -0.2) is 4.79 Å². The van der Waals surface area contributed by atoms with Crippen molar-refractivity contribution in [3.8, 4) is 0 Å². The highest BCUT2D eigenvalue weighted by Crippen LogP contribution is 2.19. The average Bonchev–Trinajstić information content (AvgIpc) is 3.26. The summed E-state index contributed by atoms with van der Waals surface area (Å²) in [5.74, 6) is -5.27. The quantitative estimate of drug-likeness (QED) is 0.129. The molecule has 13 nitrogen and oxygen atoms in total. The second kappa shape index (κ2) is 13.5. The first-order valence-electron chi connectivity index (χ1n) is 10.9. The molecular formula is C22H29N5O8S. The summed E-state index contributed by atoms with van der Waals surface area (Å²) in [6.45, 7) is -0.882. The molecule has 0 radical (unpaired) electrons. The first-order chi connectivity index (χ1) is 17.1. The van der Waals surface area contributed by atoms with Gasteiger partial charge in [0, 0.05) is 35.7 Å². The van der Waals surface area contributed by atoms with Crippen LogP contribution >= 0.6 is 12.6 Å². The minimum atomic E-state index is -1.56. The molecule has 4 atom stereocenters. The Kier molecular flexibility index (Phi) is 10.7. The first-order valence-corrected chi connectivity index (χ1v) is 11.6. The summed E-state index contributed by atoms with van der Waals surface area (Å²) < 4.78 is 0. The van der Waals surface area contributed by atoms with Crippen molar-refractivity contribution in [1.82, 2.24) is 20.9 Å². The molecule has 0 fully saturated rings. The van der Waals surface area contributed by atoms with Crippen molar-refractivity contribution in [2.75, 3.05) is 12.4 Å². The van der Waals surface area contributed by atoms with E-state index < -0.39 is 66.9 Å². The number of para-hydroxylation sites is 1. The number of aliphatic carboxylic acids is 2. The summed E-state index contributed by atoms with van der Waals surface area (Å²) in [5.41, 5.74) is 7.00. The number of carbonyl (C=O) groups is 5. The predicted molar refractivity (Wildman–Crippen MR) is 131 cm³/mol. The number of fused-ring (bicyclic) bond motifs is 1. The van der Waals surface area contributed by atoms with Crippen LogP contribution in [0.25, 0.3) is 10.9 Å². The number of thiol groups is 1. The number of carbonyl (C=O) groups excluding carboxylic acids is 3. The van der Waals surface area contributed by atoms with Gasteiger partial charge in [0.05, 0.1) is 12.6 Å². The Balaban J connectivity index is 2.10. The number of hydrogen-bond donors (Lipinski definition) is 9. The van der Waals surface area contributed by atoms with Crippen LogP contribution in [0, 0.1) is 0 Å². The maximum absolute atomic E-state index is 12.7. The van der Waals surface area contributed by atoms with Crippen LogP contribution < -0.4 is 21.7 Å². The summed E-state index contributed by atoms with van der Waals surface area (Å²) >= 11 is 3.89. The summed E-state index contributed by atoms with van der Waals surface area (Å²) in [5, 5.41) is 35.8. The third-order valence-corrected chi connectivity index (χ3v) is 5.74. The number of benzene rings is 1. The van der Waals surface area contributed by atoms with E-state index in [0.29, 0.717) is 5.56 Å². The van der Waals surface area contributed by atoms with Gasteiger partial charge in [0.1, 0.15) is 18.1 Å². The standard InChI is InChI=1S/C22H29N5O8S/c23-13(10-36)19(31)25-15(5-6-18(29)30)20(32)27-17(9-28)21(33)26-16(22(34)35)7-11-8-24-14-4-2-1-3-12(11)14/h1-4,8,13,15-17,24,28,36H,5-7,9-10,23H2,(H,25,31)(H,26,33)(H,27,32)(H,29,30)(H,34,35). The number of rotatable bonds is 14. The molecule has 0 spiro atoms. The average molecular weight is 524 g/mol. The second-order valence-corrected chi connectivity index (χ2v) is 8.35. The summed E-state index contributed by atoms with van der Waals surface area (Å²) in [4.78, 5) is 63.3. The molecule has 0 aliphatic heterocycles. The molecule has 3 amide bonds. The zero-order valence-corrected chi connectivity index (χ0v) is 20.0. The van der Waals surface area contributed by atoms with Crippen molar-refractivity contribution in [1.29, 1.82) is 0 Å². The number of amides is 3. The first kappa shape index (κ1) is 28.6. The van der Waals surface area contributed by atoms with Crippen molar-refractivity contribution in [3.63, 3.8) is 0 Å². The fourth-order valence-electron chi connectivity index (χ4n) is 3.36. The highest BCUT2D eigenvalue weighted by molar-refractivity contribution is 7.80. The Morgan fingerprint density at radius 3 is 2.17 bits per heavy atom. The molecule has 0 aliphatic rings. The highest BCUT2D eigenvalue weighted by atomic mass is 32.1. The van der Waals surface area contributed by atoms with Gasteiger partial charge in [0.2, 0.25) is 17.7 Å². The molecule has 1 aromatic carbocycles. The van der Waals surface area contributed by atoms with Gasteiger partial charge in [-0.1, -0.05) is 18.2 Å². The van der Waals surface area contributed by atoms with E-state index >= 15 is 0 Å². The van der Waals surface area contributed by atoms with Crippen molar-refractivity contribution in [3.05, 3.63) is 36.0 Å². The van der Waals surface area contributed by atoms with Crippen molar-refractivity contribution >= 4 is 53.2 Å². The molecule has 0 saturated heterocycles. The van der Waals surface area contributed by atoms with Crippen LogP contribution in [0.15, 0.2) is 30.5 Å². The number of aromatic amines is 1. The lowest BCUT2D eigenvalue weighted by Gasteiger charge is -2.24. The van der Waals surface area contributed by atoms with E-state index in [4.69, 9.17) is 10.8 Å². The Hall–Kier alpha value is -3.62. The van der Waals surface area contributed by atoms with Crippen LogP contribution in [-0.2, 0) is 30.4 Å². The van der Waals surface area contributed by atoms with Gasteiger partial charge in [-0.3, -0.25) is 19.2 Å². The van der Waals surface area contributed by atoms with Crippen molar-refractivity contribution in [2.45, 2.75) is 43.4 Å². The van der Waals surface area contributed by atoms with Crippen LogP contribution in [-0.4, -0.2) is 86.5 Å². The van der Waals surface area contributed by atoms with Crippen LogP contribution in [0.5, 0.6) is 0 Å². The maximum atomic E-state index is 12.7. The minimum absolute atomic E-state index is 0.0339. The van der Waals surface area contributed by atoms with E-state index in [9.17, 15) is 34.2 Å². The molecule has 9 N–H and O–H groups in total. The number of nitrogens with two attached hydrogens (primary N) is 1. The number of H-pyrrole nitrogens is 1. The number of carboxylic acid groups (broad SMARTS) is 2. The smallest absolute Gasteiger partial charge is 0.326 e. The number of aliphatic hydroxyl groups is 1. The predicted octanol–water partition coefficient (Wildman–Crippen LogP) is -1.64. The number of carboxylic acids is 2. The van der Waals surface area contributed by atoms with E-state index in [1.807, 2.05) is 12.1 Å². The molecular weight excluding hydrogens is 494 g/mol. The van der Waals surface area contributed by atoms with Gasteiger partial charge in [-0.2, -0.15) is 12.6 Å². The molecule has 0 saturated carbocycles. The molecule has 1 heterocycles. The van der Waals surface area contributed by atoms with Crippen LogP contribution in [0.3, 0.4) is 0 Å². The third-order valence-electron chi connectivity index (χ3n) is 5.34. The molecule has 0 aliphatic carbocycles. The topological polar surface area (TPSA) is 224 Å². The lowest BCUT2D eigenvalue weighted by atomic mass is 10.0. The number of aliphatic hydroxyl groups excluding tert-OH is 1. The summed E-state index contributed by atoms with van der Waals surface area (Å²) in [6.07, 6.45) is 0.764. The summed E-state index contributed by atoms with van der Waals surface area (Å²) in [6, 6.07) is 1.83. The minimum Gasteiger partial charge on any atom is -0.481 e. The SMILES string of the molecule is NC(CS)C(=O)NC(CCC(=O)O)C(=O)NC(CO)C(=O)NC(Cc1c[nH]c2ccccc12)C(=O)O. The number of aromatic nitrogens is 1. The fraction of sp³-hybridized carbons (Fsp3) is 0.409. The monoisotopic (exact) mass is 523 g/mol. The largest absolute Gasteiger partial charge is 0.481 e. The van der Waals surface area contributed by atoms with E-state index in [0.717, 1.165) is 10.9 Å². The van der Waals surface area contributed by atoms with Gasteiger partial charge in [-0.15, -0.1) is 0 Å². The van der Waals surface area contributed by atoms with Crippen molar-refractivity contribution < 1.29 is 39.3 Å². The Bertz CT molecular complexity index is 1110. The van der Waals surface area contributed by atoms with Crippen LogP contribution in [0.1, 0.15) is 18.4 Å². The lowest BCUT2D eigenvalue weighted by molar-refractivity contribution is -0.142. The Morgan fingerprint density at radius 1 is 0.944 bits per heavy atom. The van der Waals surface area contributed by atoms with E-state index in [-0.39, 0.29) is 18.6 Å². The Morgan fingerprint density at radius 2 is 1.56 bits per heavy atom. The van der Waals surface area contributed by atoms with Gasteiger partial charge in [-0.05, 0) is 18.1 Å². The molecule has 2 rings (SSSR count). The van der Waals surface area contributed by atoms with Gasteiger partial charge >= 0.3 is 11.9 Å². The molecule has 2 aromatic rings. The van der Waals surface area contributed by atoms with E-state index in [2.05, 4.69) is 33.6 Å². The molecule has 14 heteroatoms. The van der Waals surface area contributed by atoms with Gasteiger partial charge in [0.25, 0.3) is 0 Å². The number of hydrogen-bond acceptors (Lipinski definition) is 8. The third kappa shape index (κ3) is 7.96.